The van der Waals surface area contributed by atoms with Gasteiger partial charge in [-0.05, 0) is 58.0 Å². The van der Waals surface area contributed by atoms with Gasteiger partial charge in [-0.2, -0.15) is 0 Å². The number of halogens is 2. The zero-order chi connectivity index (χ0) is 17.5. The molecule has 1 amide bonds. The molecule has 6 heteroatoms. The van der Waals surface area contributed by atoms with Crippen LogP contribution in [0.5, 0.6) is 0 Å². The van der Waals surface area contributed by atoms with Gasteiger partial charge in [0.15, 0.2) is 0 Å². The van der Waals surface area contributed by atoms with E-state index in [2.05, 4.69) is 27.9 Å². The van der Waals surface area contributed by atoms with Crippen LogP contribution in [0.2, 0.25) is 0 Å². The lowest BCUT2D eigenvalue weighted by molar-refractivity contribution is -0.145. The third-order valence-electron chi connectivity index (χ3n) is 3.40. The van der Waals surface area contributed by atoms with Crippen LogP contribution in [0.15, 0.2) is 48.5 Å². The van der Waals surface area contributed by atoms with Gasteiger partial charge in [0.2, 0.25) is 5.91 Å². The molecule has 0 radical (unpaired) electrons. The summed E-state index contributed by atoms with van der Waals surface area (Å²) >= 11 is 2.18. The maximum absolute atomic E-state index is 13.2. The van der Waals surface area contributed by atoms with Crippen LogP contribution < -0.4 is 5.32 Å². The predicted octanol–water partition coefficient (Wildman–Crippen LogP) is 2.87. The van der Waals surface area contributed by atoms with Crippen molar-refractivity contribution >= 4 is 34.5 Å². The van der Waals surface area contributed by atoms with Crippen molar-refractivity contribution < 1.29 is 18.7 Å². The normalized spacial score (nSPS) is 11.6. The third kappa shape index (κ3) is 5.59. The molecular weight excluding hydrogens is 424 g/mol. The molecule has 0 saturated carbocycles. The number of ether oxygens (including phenoxy) is 1. The smallest absolute Gasteiger partial charge is 0.328 e. The number of methoxy groups -OCH3 is 1. The summed E-state index contributed by atoms with van der Waals surface area (Å²) < 4.78 is 19.0. The van der Waals surface area contributed by atoms with Gasteiger partial charge in [0.05, 0.1) is 13.5 Å². The van der Waals surface area contributed by atoms with Gasteiger partial charge < -0.3 is 10.1 Å². The Morgan fingerprint density at radius 1 is 1.17 bits per heavy atom. The number of hydrogen-bond acceptors (Lipinski definition) is 3. The van der Waals surface area contributed by atoms with E-state index in [0.29, 0.717) is 12.0 Å². The molecule has 0 unspecified atom stereocenters. The maximum atomic E-state index is 13.2. The van der Waals surface area contributed by atoms with E-state index in [9.17, 15) is 14.0 Å². The number of esters is 1. The summed E-state index contributed by atoms with van der Waals surface area (Å²) in [6.07, 6.45) is 0.329. The highest BCUT2D eigenvalue weighted by Crippen LogP contribution is 2.11. The Hall–Kier alpha value is -1.96. The van der Waals surface area contributed by atoms with E-state index in [1.165, 1.54) is 19.2 Å². The van der Waals surface area contributed by atoms with Crippen molar-refractivity contribution in [3.8, 4) is 0 Å². The monoisotopic (exact) mass is 441 g/mol. The molecular formula is C18H17FINO3. The van der Waals surface area contributed by atoms with E-state index in [4.69, 9.17) is 4.74 Å². The Kier molecular flexibility index (Phi) is 6.72. The summed E-state index contributed by atoms with van der Waals surface area (Å²) in [6.45, 7) is 0. The summed E-state index contributed by atoms with van der Waals surface area (Å²) in [5.41, 5.74) is 1.47. The average Bonchev–Trinajstić information content (AvgIpc) is 2.53. The second kappa shape index (κ2) is 8.77. The molecule has 4 nitrogen and oxygen atoms in total. The predicted molar refractivity (Wildman–Crippen MR) is 96.9 cm³/mol. The van der Waals surface area contributed by atoms with Gasteiger partial charge in [0.1, 0.15) is 11.9 Å². The minimum atomic E-state index is -0.783. The molecule has 0 heterocycles. The molecule has 24 heavy (non-hydrogen) atoms. The fraction of sp³-hybridized carbons (Fsp3) is 0.222. The molecule has 0 spiro atoms. The minimum Gasteiger partial charge on any atom is -0.467 e. The molecule has 0 aliphatic rings. The van der Waals surface area contributed by atoms with Gasteiger partial charge >= 0.3 is 5.97 Å². The SMILES string of the molecule is COC(=O)[C@@H](Cc1cccc(I)c1)NC(=O)Cc1cccc(F)c1. The summed E-state index contributed by atoms with van der Waals surface area (Å²) in [4.78, 5) is 24.1. The van der Waals surface area contributed by atoms with Gasteiger partial charge in [-0.15, -0.1) is 0 Å². The molecule has 1 atom stereocenters. The lowest BCUT2D eigenvalue weighted by Crippen LogP contribution is -2.43. The van der Waals surface area contributed by atoms with Crippen LogP contribution in [0.3, 0.4) is 0 Å². The summed E-state index contributed by atoms with van der Waals surface area (Å²) in [6, 6.07) is 12.7. The van der Waals surface area contributed by atoms with E-state index >= 15 is 0 Å². The van der Waals surface area contributed by atoms with Gasteiger partial charge in [-0.1, -0.05) is 24.3 Å². The molecule has 0 aliphatic carbocycles. The number of carbonyl (C=O) groups is 2. The van der Waals surface area contributed by atoms with E-state index in [1.54, 1.807) is 12.1 Å². The highest BCUT2D eigenvalue weighted by atomic mass is 127. The molecule has 0 bridgehead atoms. The Morgan fingerprint density at radius 3 is 2.54 bits per heavy atom. The molecule has 2 aromatic rings. The molecule has 126 valence electrons. The van der Waals surface area contributed by atoms with Crippen molar-refractivity contribution in [3.63, 3.8) is 0 Å². The highest BCUT2D eigenvalue weighted by Gasteiger charge is 2.22. The number of carbonyl (C=O) groups excluding carboxylic acids is 2. The first-order chi connectivity index (χ1) is 11.5. The Balaban J connectivity index is 2.05. The van der Waals surface area contributed by atoms with Crippen molar-refractivity contribution in [2.24, 2.45) is 0 Å². The third-order valence-corrected chi connectivity index (χ3v) is 4.07. The highest BCUT2D eigenvalue weighted by molar-refractivity contribution is 14.1. The Bertz CT molecular complexity index is 736. The van der Waals surface area contributed by atoms with Crippen LogP contribution in [0.25, 0.3) is 0 Å². The van der Waals surface area contributed by atoms with E-state index < -0.39 is 17.8 Å². The van der Waals surface area contributed by atoms with Crippen molar-refractivity contribution in [2.45, 2.75) is 18.9 Å². The zero-order valence-electron chi connectivity index (χ0n) is 13.1. The first-order valence-electron chi connectivity index (χ1n) is 7.34. The van der Waals surface area contributed by atoms with Crippen molar-refractivity contribution in [2.75, 3.05) is 7.11 Å². The van der Waals surface area contributed by atoms with Crippen LogP contribution in [0.1, 0.15) is 11.1 Å². The number of benzene rings is 2. The number of nitrogens with one attached hydrogen (secondary N) is 1. The first-order valence-corrected chi connectivity index (χ1v) is 8.42. The number of hydrogen-bond donors (Lipinski definition) is 1. The quantitative estimate of drug-likeness (QED) is 0.554. The van der Waals surface area contributed by atoms with E-state index in [0.717, 1.165) is 9.13 Å². The van der Waals surface area contributed by atoms with Crippen LogP contribution >= 0.6 is 22.6 Å². The summed E-state index contributed by atoms with van der Waals surface area (Å²) in [5.74, 6) is -1.27. The van der Waals surface area contributed by atoms with Crippen LogP contribution in [0, 0.1) is 9.39 Å². The standard InChI is InChI=1S/C18H17FINO3/c1-24-18(23)16(10-13-5-3-7-15(20)9-13)21-17(22)11-12-4-2-6-14(19)8-12/h2-9,16H,10-11H2,1H3,(H,21,22)/t16-/m1/s1. The number of rotatable bonds is 6. The summed E-state index contributed by atoms with van der Waals surface area (Å²) in [7, 11) is 1.28. The lowest BCUT2D eigenvalue weighted by Gasteiger charge is -2.17. The molecule has 2 rings (SSSR count). The molecule has 1 N–H and O–H groups in total. The maximum Gasteiger partial charge on any atom is 0.328 e. The van der Waals surface area contributed by atoms with Gasteiger partial charge in [-0.3, -0.25) is 4.79 Å². The second-order valence-corrected chi connectivity index (χ2v) is 6.53. The van der Waals surface area contributed by atoms with Crippen LogP contribution in [-0.2, 0) is 27.2 Å². The fourth-order valence-corrected chi connectivity index (χ4v) is 2.92. The van der Waals surface area contributed by atoms with Crippen LogP contribution in [0.4, 0.5) is 4.39 Å². The van der Waals surface area contributed by atoms with Crippen molar-refractivity contribution in [1.82, 2.24) is 5.32 Å². The van der Waals surface area contributed by atoms with Gasteiger partial charge in [-0.25, -0.2) is 9.18 Å². The molecule has 0 saturated heterocycles. The van der Waals surface area contributed by atoms with Crippen molar-refractivity contribution in [3.05, 3.63) is 69.0 Å². The van der Waals surface area contributed by atoms with Crippen molar-refractivity contribution in [1.29, 1.82) is 0 Å². The van der Waals surface area contributed by atoms with E-state index in [-0.39, 0.29) is 12.3 Å². The largest absolute Gasteiger partial charge is 0.467 e. The zero-order valence-corrected chi connectivity index (χ0v) is 15.2. The first kappa shape index (κ1) is 18.4. The lowest BCUT2D eigenvalue weighted by atomic mass is 10.1. The average molecular weight is 441 g/mol. The van der Waals surface area contributed by atoms with Gasteiger partial charge in [0, 0.05) is 9.99 Å². The second-order valence-electron chi connectivity index (χ2n) is 5.28. The minimum absolute atomic E-state index is 0.00240. The molecule has 2 aromatic carbocycles. The Labute approximate surface area is 153 Å². The number of amides is 1. The van der Waals surface area contributed by atoms with Crippen LogP contribution in [-0.4, -0.2) is 25.0 Å². The van der Waals surface area contributed by atoms with Gasteiger partial charge in [0.25, 0.3) is 0 Å². The molecule has 0 fully saturated rings. The topological polar surface area (TPSA) is 55.4 Å². The fourth-order valence-electron chi connectivity index (χ4n) is 2.31. The molecule has 0 aromatic heterocycles. The van der Waals surface area contributed by atoms with E-state index in [1.807, 2.05) is 24.3 Å². The summed E-state index contributed by atoms with van der Waals surface area (Å²) in [5, 5.41) is 2.67. The Morgan fingerprint density at radius 2 is 1.88 bits per heavy atom. The molecule has 0 aliphatic heterocycles.